The van der Waals surface area contributed by atoms with Crippen molar-refractivity contribution in [2.24, 2.45) is 0 Å². The first-order chi connectivity index (χ1) is 11.1. The van der Waals surface area contributed by atoms with Crippen molar-refractivity contribution in [1.29, 1.82) is 0 Å². The maximum absolute atomic E-state index is 6.15. The molecule has 0 amide bonds. The van der Waals surface area contributed by atoms with E-state index in [0.717, 1.165) is 11.3 Å². The van der Waals surface area contributed by atoms with Gasteiger partial charge in [-0.3, -0.25) is 0 Å². The van der Waals surface area contributed by atoms with E-state index in [1.807, 2.05) is 24.3 Å². The Morgan fingerprint density at radius 3 is 2.00 bits per heavy atom. The summed E-state index contributed by atoms with van der Waals surface area (Å²) in [5.74, 6) is 0.812. The lowest BCUT2D eigenvalue weighted by Crippen LogP contribution is -1.96. The van der Waals surface area contributed by atoms with Crippen LogP contribution in [-0.4, -0.2) is 0 Å². The summed E-state index contributed by atoms with van der Waals surface area (Å²) in [6.45, 7) is 2.50. The number of halogens is 2. The highest BCUT2D eigenvalue weighted by molar-refractivity contribution is 6.35. The predicted octanol–water partition coefficient (Wildman–Crippen LogP) is 6.55. The summed E-state index contributed by atoms with van der Waals surface area (Å²) in [6, 6.07) is 22.0. The molecule has 3 aromatic rings. The molecule has 116 valence electrons. The van der Waals surface area contributed by atoms with Gasteiger partial charge in [-0.2, -0.15) is 0 Å². The summed E-state index contributed by atoms with van der Waals surface area (Å²) in [5, 5.41) is 1.25. The Kier molecular flexibility index (Phi) is 4.90. The molecule has 0 saturated carbocycles. The SMILES string of the molecule is Cc1ccc(-c2ccc(OCc3ccc(Cl)cc3Cl)cc2)cc1. The highest BCUT2D eigenvalue weighted by Gasteiger charge is 2.03. The topological polar surface area (TPSA) is 9.23 Å². The molecule has 0 saturated heterocycles. The molecule has 0 atom stereocenters. The van der Waals surface area contributed by atoms with E-state index in [0.29, 0.717) is 16.7 Å². The Morgan fingerprint density at radius 1 is 0.783 bits per heavy atom. The van der Waals surface area contributed by atoms with Crippen LogP contribution < -0.4 is 4.74 Å². The second-order valence-electron chi connectivity index (χ2n) is 5.41. The fraction of sp³-hybridized carbons (Fsp3) is 0.100. The van der Waals surface area contributed by atoms with Crippen molar-refractivity contribution < 1.29 is 4.74 Å². The molecule has 0 unspecified atom stereocenters. The number of rotatable bonds is 4. The van der Waals surface area contributed by atoms with Gasteiger partial charge in [-0.15, -0.1) is 0 Å². The molecule has 0 fully saturated rings. The van der Waals surface area contributed by atoms with Crippen LogP contribution in [0.3, 0.4) is 0 Å². The van der Waals surface area contributed by atoms with Crippen LogP contribution in [0.15, 0.2) is 66.7 Å². The molecule has 3 heteroatoms. The number of ether oxygens (including phenoxy) is 1. The number of benzene rings is 3. The summed E-state index contributed by atoms with van der Waals surface area (Å²) in [5.41, 5.74) is 4.54. The Balaban J connectivity index is 1.69. The maximum atomic E-state index is 6.15. The minimum Gasteiger partial charge on any atom is -0.489 e. The van der Waals surface area contributed by atoms with Gasteiger partial charge in [0.2, 0.25) is 0 Å². The Hall–Kier alpha value is -1.96. The van der Waals surface area contributed by atoms with Crippen LogP contribution in [0.4, 0.5) is 0 Å². The minimum absolute atomic E-state index is 0.417. The zero-order valence-corrected chi connectivity index (χ0v) is 14.2. The van der Waals surface area contributed by atoms with Gasteiger partial charge in [-0.25, -0.2) is 0 Å². The summed E-state index contributed by atoms with van der Waals surface area (Å²) < 4.78 is 5.80. The summed E-state index contributed by atoms with van der Waals surface area (Å²) in [6.07, 6.45) is 0. The largest absolute Gasteiger partial charge is 0.489 e. The maximum Gasteiger partial charge on any atom is 0.119 e. The van der Waals surface area contributed by atoms with Gasteiger partial charge in [-0.1, -0.05) is 71.2 Å². The van der Waals surface area contributed by atoms with Gasteiger partial charge >= 0.3 is 0 Å². The van der Waals surface area contributed by atoms with Crippen LogP contribution in [0.25, 0.3) is 11.1 Å². The van der Waals surface area contributed by atoms with Crippen LogP contribution in [0.2, 0.25) is 10.0 Å². The average Bonchev–Trinajstić information content (AvgIpc) is 2.55. The Morgan fingerprint density at radius 2 is 1.39 bits per heavy atom. The minimum atomic E-state index is 0.417. The van der Waals surface area contributed by atoms with Gasteiger partial charge in [0.15, 0.2) is 0 Å². The molecule has 0 radical (unpaired) electrons. The summed E-state index contributed by atoms with van der Waals surface area (Å²) >= 11 is 12.0. The Labute approximate surface area is 146 Å². The van der Waals surface area contributed by atoms with Crippen LogP contribution in [0.1, 0.15) is 11.1 Å². The number of hydrogen-bond acceptors (Lipinski definition) is 1. The van der Waals surface area contributed by atoms with Gasteiger partial charge < -0.3 is 4.74 Å². The summed E-state index contributed by atoms with van der Waals surface area (Å²) in [7, 11) is 0. The van der Waals surface area contributed by atoms with Crippen molar-refractivity contribution in [1.82, 2.24) is 0 Å². The fourth-order valence-corrected chi connectivity index (χ4v) is 2.75. The van der Waals surface area contributed by atoms with E-state index < -0.39 is 0 Å². The average molecular weight is 343 g/mol. The van der Waals surface area contributed by atoms with Crippen LogP contribution >= 0.6 is 23.2 Å². The molecule has 0 aliphatic rings. The second kappa shape index (κ2) is 7.08. The first kappa shape index (κ1) is 15.9. The second-order valence-corrected chi connectivity index (χ2v) is 6.26. The number of aryl methyl sites for hydroxylation is 1. The van der Waals surface area contributed by atoms with Crippen molar-refractivity contribution in [3.63, 3.8) is 0 Å². The fourth-order valence-electron chi connectivity index (χ4n) is 2.29. The zero-order chi connectivity index (χ0) is 16.2. The van der Waals surface area contributed by atoms with E-state index in [4.69, 9.17) is 27.9 Å². The standard InChI is InChI=1S/C20H16Cl2O/c1-14-2-4-15(5-3-14)16-7-10-19(11-8-16)23-13-17-6-9-18(21)12-20(17)22/h2-12H,13H2,1H3. The highest BCUT2D eigenvalue weighted by atomic mass is 35.5. The van der Waals surface area contributed by atoms with E-state index in [9.17, 15) is 0 Å². The monoisotopic (exact) mass is 342 g/mol. The van der Waals surface area contributed by atoms with Crippen molar-refractivity contribution in [2.75, 3.05) is 0 Å². The molecular weight excluding hydrogens is 327 g/mol. The number of hydrogen-bond donors (Lipinski definition) is 0. The van der Waals surface area contributed by atoms with Crippen molar-refractivity contribution in [3.05, 3.63) is 87.9 Å². The van der Waals surface area contributed by atoms with Crippen molar-refractivity contribution in [2.45, 2.75) is 13.5 Å². The quantitative estimate of drug-likeness (QED) is 0.522. The predicted molar refractivity (Wildman–Crippen MR) is 97.4 cm³/mol. The molecule has 0 heterocycles. The van der Waals surface area contributed by atoms with Gasteiger partial charge in [-0.05, 0) is 42.3 Å². The zero-order valence-electron chi connectivity index (χ0n) is 12.7. The van der Waals surface area contributed by atoms with Crippen molar-refractivity contribution in [3.8, 4) is 16.9 Å². The molecule has 0 aliphatic carbocycles. The molecule has 0 spiro atoms. The lowest BCUT2D eigenvalue weighted by atomic mass is 10.0. The third-order valence-corrected chi connectivity index (χ3v) is 4.24. The van der Waals surface area contributed by atoms with E-state index in [2.05, 4.69) is 43.3 Å². The molecule has 3 aromatic carbocycles. The van der Waals surface area contributed by atoms with Gasteiger partial charge in [0.1, 0.15) is 12.4 Å². The molecule has 0 aromatic heterocycles. The van der Waals surface area contributed by atoms with Crippen LogP contribution in [0.5, 0.6) is 5.75 Å². The first-order valence-electron chi connectivity index (χ1n) is 7.36. The van der Waals surface area contributed by atoms with Crippen molar-refractivity contribution >= 4 is 23.2 Å². The van der Waals surface area contributed by atoms with Gasteiger partial charge in [0.25, 0.3) is 0 Å². The van der Waals surface area contributed by atoms with E-state index in [1.165, 1.54) is 16.7 Å². The van der Waals surface area contributed by atoms with E-state index in [-0.39, 0.29) is 0 Å². The van der Waals surface area contributed by atoms with Crippen LogP contribution in [0, 0.1) is 6.92 Å². The molecule has 0 N–H and O–H groups in total. The molecule has 0 aliphatic heterocycles. The molecular formula is C20H16Cl2O. The highest BCUT2D eigenvalue weighted by Crippen LogP contribution is 2.25. The molecule has 1 nitrogen and oxygen atoms in total. The summed E-state index contributed by atoms with van der Waals surface area (Å²) in [4.78, 5) is 0. The van der Waals surface area contributed by atoms with Gasteiger partial charge in [0, 0.05) is 15.6 Å². The lowest BCUT2D eigenvalue weighted by molar-refractivity contribution is 0.306. The molecule has 0 bridgehead atoms. The lowest BCUT2D eigenvalue weighted by Gasteiger charge is -2.09. The van der Waals surface area contributed by atoms with Crippen LogP contribution in [-0.2, 0) is 6.61 Å². The third-order valence-electron chi connectivity index (χ3n) is 3.65. The first-order valence-corrected chi connectivity index (χ1v) is 8.11. The third kappa shape index (κ3) is 4.07. The van der Waals surface area contributed by atoms with E-state index >= 15 is 0 Å². The molecule has 23 heavy (non-hydrogen) atoms. The normalized spacial score (nSPS) is 10.6. The molecule has 3 rings (SSSR count). The smallest absolute Gasteiger partial charge is 0.119 e. The Bertz CT molecular complexity index is 793. The van der Waals surface area contributed by atoms with E-state index in [1.54, 1.807) is 6.07 Å². The van der Waals surface area contributed by atoms with Gasteiger partial charge in [0.05, 0.1) is 0 Å².